The molecule has 17 heavy (non-hydrogen) atoms. The maximum absolute atomic E-state index is 5.84. The van der Waals surface area contributed by atoms with Gasteiger partial charge < -0.3 is 14.8 Å². The van der Waals surface area contributed by atoms with Crippen molar-refractivity contribution < 1.29 is 9.47 Å². The first kappa shape index (κ1) is 12.4. The van der Waals surface area contributed by atoms with Crippen LogP contribution in [-0.2, 0) is 11.8 Å². The molecule has 96 valence electrons. The molecule has 0 spiro atoms. The molecule has 0 aliphatic carbocycles. The van der Waals surface area contributed by atoms with Gasteiger partial charge in [-0.25, -0.2) is 0 Å². The van der Waals surface area contributed by atoms with Gasteiger partial charge in [-0.2, -0.15) is 5.10 Å². The highest BCUT2D eigenvalue weighted by Crippen LogP contribution is 2.34. The van der Waals surface area contributed by atoms with E-state index in [0.29, 0.717) is 5.92 Å². The van der Waals surface area contributed by atoms with E-state index in [2.05, 4.69) is 17.3 Å². The second-order valence-corrected chi connectivity index (χ2v) is 4.59. The average Bonchev–Trinajstić information content (AvgIpc) is 2.89. The van der Waals surface area contributed by atoms with Crippen LogP contribution in [0.2, 0.25) is 0 Å². The van der Waals surface area contributed by atoms with Crippen molar-refractivity contribution in [3.05, 3.63) is 11.9 Å². The minimum atomic E-state index is 0.120. The lowest BCUT2D eigenvalue weighted by molar-refractivity contribution is 0.0599. The predicted octanol–water partition coefficient (Wildman–Crippen LogP) is 1.11. The molecular weight excluding hydrogens is 218 g/mol. The van der Waals surface area contributed by atoms with Gasteiger partial charge in [-0.05, 0) is 19.4 Å². The van der Waals surface area contributed by atoms with Crippen molar-refractivity contribution in [1.29, 1.82) is 0 Å². The number of hydrogen-bond acceptors (Lipinski definition) is 4. The summed E-state index contributed by atoms with van der Waals surface area (Å²) in [7, 11) is 5.56. The highest BCUT2D eigenvalue weighted by Gasteiger charge is 2.35. The number of aromatic nitrogens is 2. The fourth-order valence-corrected chi connectivity index (χ4v) is 2.54. The van der Waals surface area contributed by atoms with E-state index < -0.39 is 0 Å². The number of nitrogens with zero attached hydrogens (tertiary/aromatic N) is 2. The number of hydrogen-bond donors (Lipinski definition) is 1. The van der Waals surface area contributed by atoms with E-state index in [1.54, 1.807) is 13.3 Å². The van der Waals surface area contributed by atoms with Gasteiger partial charge in [-0.15, -0.1) is 0 Å². The van der Waals surface area contributed by atoms with E-state index >= 15 is 0 Å². The molecule has 0 saturated carbocycles. The zero-order valence-corrected chi connectivity index (χ0v) is 10.9. The summed E-state index contributed by atoms with van der Waals surface area (Å²) in [6.45, 7) is 3.06. The van der Waals surface area contributed by atoms with Crippen molar-refractivity contribution in [3.63, 3.8) is 0 Å². The van der Waals surface area contributed by atoms with Gasteiger partial charge in [0.2, 0.25) is 0 Å². The molecule has 1 aliphatic rings. The number of methoxy groups -OCH3 is 1. The monoisotopic (exact) mass is 239 g/mol. The Hall–Kier alpha value is -1.07. The van der Waals surface area contributed by atoms with Gasteiger partial charge in [0, 0.05) is 13.7 Å². The number of aryl methyl sites for hydroxylation is 1. The number of nitrogens with one attached hydrogen (secondary N) is 1. The Bertz CT molecular complexity index is 378. The van der Waals surface area contributed by atoms with Crippen LogP contribution in [0, 0.1) is 5.92 Å². The summed E-state index contributed by atoms with van der Waals surface area (Å²) in [4.78, 5) is 0. The molecule has 3 unspecified atom stereocenters. The van der Waals surface area contributed by atoms with Crippen LogP contribution in [0.3, 0.4) is 0 Å². The Labute approximate surface area is 102 Å². The molecule has 1 aliphatic heterocycles. The summed E-state index contributed by atoms with van der Waals surface area (Å²) in [6, 6.07) is 0.120. The van der Waals surface area contributed by atoms with Crippen LogP contribution in [-0.4, -0.2) is 36.6 Å². The first-order valence-electron chi connectivity index (χ1n) is 6.03. The molecule has 0 amide bonds. The van der Waals surface area contributed by atoms with E-state index in [-0.39, 0.29) is 12.1 Å². The van der Waals surface area contributed by atoms with E-state index in [1.165, 1.54) is 0 Å². The Morgan fingerprint density at radius 3 is 2.94 bits per heavy atom. The maximum atomic E-state index is 5.84. The van der Waals surface area contributed by atoms with E-state index in [0.717, 1.165) is 24.5 Å². The van der Waals surface area contributed by atoms with E-state index in [1.807, 2.05) is 18.8 Å². The molecule has 2 heterocycles. The molecule has 1 saturated heterocycles. The lowest BCUT2D eigenvalue weighted by atomic mass is 9.95. The van der Waals surface area contributed by atoms with Gasteiger partial charge >= 0.3 is 0 Å². The number of likely N-dealkylation sites (N-methyl/N-ethyl adjacent to an activating group) is 1. The Morgan fingerprint density at radius 1 is 1.65 bits per heavy atom. The van der Waals surface area contributed by atoms with Gasteiger partial charge in [0.1, 0.15) is 0 Å². The third kappa shape index (κ3) is 2.17. The Balaban J connectivity index is 2.31. The molecule has 0 radical (unpaired) electrons. The number of rotatable bonds is 4. The largest absolute Gasteiger partial charge is 0.493 e. The van der Waals surface area contributed by atoms with Crippen LogP contribution in [0.4, 0.5) is 0 Å². The SMILES string of the molecule is CNC(c1c(OC)cnn1C)C1OCCC1C. The summed E-state index contributed by atoms with van der Waals surface area (Å²) in [6.07, 6.45) is 3.05. The summed E-state index contributed by atoms with van der Waals surface area (Å²) in [5.74, 6) is 1.36. The summed E-state index contributed by atoms with van der Waals surface area (Å²) in [5.41, 5.74) is 1.05. The Kier molecular flexibility index (Phi) is 3.69. The van der Waals surface area contributed by atoms with Gasteiger partial charge in [-0.3, -0.25) is 4.68 Å². The molecule has 1 aromatic heterocycles. The topological polar surface area (TPSA) is 48.3 Å². The molecule has 3 atom stereocenters. The highest BCUT2D eigenvalue weighted by molar-refractivity contribution is 5.29. The van der Waals surface area contributed by atoms with Crippen LogP contribution in [0.5, 0.6) is 5.75 Å². The van der Waals surface area contributed by atoms with Crippen molar-refractivity contribution in [2.24, 2.45) is 13.0 Å². The Morgan fingerprint density at radius 2 is 2.41 bits per heavy atom. The fraction of sp³-hybridized carbons (Fsp3) is 0.750. The maximum Gasteiger partial charge on any atom is 0.161 e. The lowest BCUT2D eigenvalue weighted by Gasteiger charge is -2.26. The fourth-order valence-electron chi connectivity index (χ4n) is 2.54. The quantitative estimate of drug-likeness (QED) is 0.855. The number of ether oxygens (including phenoxy) is 2. The summed E-state index contributed by atoms with van der Waals surface area (Å²) >= 11 is 0. The zero-order valence-electron chi connectivity index (χ0n) is 10.9. The molecule has 1 aromatic rings. The molecule has 0 aromatic carbocycles. The first-order valence-corrected chi connectivity index (χ1v) is 6.03. The smallest absolute Gasteiger partial charge is 0.161 e. The van der Waals surface area contributed by atoms with Crippen molar-refractivity contribution in [1.82, 2.24) is 15.1 Å². The minimum absolute atomic E-state index is 0.120. The third-order valence-corrected chi connectivity index (χ3v) is 3.55. The molecule has 5 nitrogen and oxygen atoms in total. The minimum Gasteiger partial charge on any atom is -0.493 e. The van der Waals surface area contributed by atoms with Gasteiger partial charge in [-0.1, -0.05) is 6.92 Å². The molecular formula is C12H21N3O2. The predicted molar refractivity (Wildman–Crippen MR) is 65.1 cm³/mol. The van der Waals surface area contributed by atoms with Crippen LogP contribution in [0.1, 0.15) is 25.1 Å². The van der Waals surface area contributed by atoms with Crippen molar-refractivity contribution in [2.75, 3.05) is 20.8 Å². The van der Waals surface area contributed by atoms with Crippen LogP contribution in [0.15, 0.2) is 6.20 Å². The van der Waals surface area contributed by atoms with E-state index in [4.69, 9.17) is 9.47 Å². The molecule has 5 heteroatoms. The van der Waals surface area contributed by atoms with Crippen LogP contribution < -0.4 is 10.1 Å². The summed E-state index contributed by atoms with van der Waals surface area (Å²) < 4.78 is 13.1. The first-order chi connectivity index (χ1) is 8.19. The van der Waals surface area contributed by atoms with Crippen molar-refractivity contribution in [3.8, 4) is 5.75 Å². The van der Waals surface area contributed by atoms with Crippen LogP contribution >= 0.6 is 0 Å². The normalized spacial score (nSPS) is 26.1. The van der Waals surface area contributed by atoms with Gasteiger partial charge in [0.15, 0.2) is 5.75 Å². The summed E-state index contributed by atoms with van der Waals surface area (Å²) in [5, 5.41) is 7.58. The zero-order chi connectivity index (χ0) is 12.4. The third-order valence-electron chi connectivity index (χ3n) is 3.55. The van der Waals surface area contributed by atoms with Crippen LogP contribution in [0.25, 0.3) is 0 Å². The molecule has 2 rings (SSSR count). The van der Waals surface area contributed by atoms with Gasteiger partial charge in [0.25, 0.3) is 0 Å². The van der Waals surface area contributed by atoms with Crippen molar-refractivity contribution in [2.45, 2.75) is 25.5 Å². The standard InChI is InChI=1S/C12H21N3O2/c1-8-5-6-17-12(8)10(13-2)11-9(16-4)7-14-15(11)3/h7-8,10,12-13H,5-6H2,1-4H3. The average molecular weight is 239 g/mol. The van der Waals surface area contributed by atoms with E-state index in [9.17, 15) is 0 Å². The molecule has 0 bridgehead atoms. The highest BCUT2D eigenvalue weighted by atomic mass is 16.5. The van der Waals surface area contributed by atoms with Gasteiger partial charge in [0.05, 0.1) is 31.1 Å². The van der Waals surface area contributed by atoms with Crippen molar-refractivity contribution >= 4 is 0 Å². The second-order valence-electron chi connectivity index (χ2n) is 4.59. The second kappa shape index (κ2) is 5.06. The lowest BCUT2D eigenvalue weighted by Crippen LogP contribution is -2.34. The molecule has 1 fully saturated rings. The molecule has 1 N–H and O–H groups in total.